The maximum absolute atomic E-state index is 5.87. The minimum atomic E-state index is 0.506. The van der Waals surface area contributed by atoms with Crippen LogP contribution in [-0.2, 0) is 19.4 Å². The molecule has 102 valence electrons. The molecule has 0 aromatic heterocycles. The number of fused-ring (bicyclic) bond motifs is 2. The molecule has 0 saturated heterocycles. The van der Waals surface area contributed by atoms with Crippen LogP contribution in [0.1, 0.15) is 16.7 Å². The van der Waals surface area contributed by atoms with Crippen LogP contribution < -0.4 is 15.2 Å². The second kappa shape index (κ2) is 4.53. The van der Waals surface area contributed by atoms with Crippen LogP contribution >= 0.6 is 0 Å². The van der Waals surface area contributed by atoms with E-state index < -0.39 is 0 Å². The molecule has 4 rings (SSSR count). The van der Waals surface area contributed by atoms with Gasteiger partial charge in [0.05, 0.1) is 13.2 Å². The number of rotatable bonds is 2. The normalized spacial score (nSPS) is 15.4. The van der Waals surface area contributed by atoms with E-state index in [1.165, 1.54) is 22.3 Å². The predicted octanol–water partition coefficient (Wildman–Crippen LogP) is 2.68. The van der Waals surface area contributed by atoms with Gasteiger partial charge in [-0.15, -0.1) is 0 Å². The molecule has 2 aromatic rings. The third kappa shape index (κ3) is 1.70. The van der Waals surface area contributed by atoms with Crippen molar-refractivity contribution < 1.29 is 9.47 Å². The van der Waals surface area contributed by atoms with Crippen LogP contribution in [0.15, 0.2) is 30.3 Å². The summed E-state index contributed by atoms with van der Waals surface area (Å²) in [5, 5.41) is 0. The number of benzene rings is 2. The number of nitrogens with two attached hydrogens (primary N) is 1. The Labute approximate surface area is 118 Å². The number of para-hydroxylation sites is 1. The zero-order valence-corrected chi connectivity index (χ0v) is 11.3. The van der Waals surface area contributed by atoms with Crippen molar-refractivity contribution in [3.05, 3.63) is 47.0 Å². The van der Waals surface area contributed by atoms with Crippen molar-refractivity contribution in [3.8, 4) is 22.6 Å². The van der Waals surface area contributed by atoms with Crippen molar-refractivity contribution in [3.63, 3.8) is 0 Å². The van der Waals surface area contributed by atoms with E-state index in [0.717, 1.165) is 43.1 Å². The van der Waals surface area contributed by atoms with E-state index >= 15 is 0 Å². The molecule has 20 heavy (non-hydrogen) atoms. The first-order chi connectivity index (χ1) is 9.86. The lowest BCUT2D eigenvalue weighted by atomic mass is 9.96. The molecule has 0 fully saturated rings. The van der Waals surface area contributed by atoms with Gasteiger partial charge in [-0.05, 0) is 28.8 Å². The molecule has 3 nitrogen and oxygen atoms in total. The van der Waals surface area contributed by atoms with Gasteiger partial charge in [-0.1, -0.05) is 18.2 Å². The molecule has 0 amide bonds. The Morgan fingerprint density at radius 2 is 1.75 bits per heavy atom. The lowest BCUT2D eigenvalue weighted by Gasteiger charge is -2.12. The first-order valence-corrected chi connectivity index (χ1v) is 7.10. The van der Waals surface area contributed by atoms with Crippen LogP contribution in [0.3, 0.4) is 0 Å². The maximum atomic E-state index is 5.87. The summed E-state index contributed by atoms with van der Waals surface area (Å²) in [6.45, 7) is 2.05. The Morgan fingerprint density at radius 1 is 0.950 bits per heavy atom. The molecule has 2 aliphatic rings. The van der Waals surface area contributed by atoms with E-state index in [9.17, 15) is 0 Å². The molecular formula is C17H17NO2. The quantitative estimate of drug-likeness (QED) is 0.910. The zero-order chi connectivity index (χ0) is 13.5. The van der Waals surface area contributed by atoms with Gasteiger partial charge in [0.25, 0.3) is 0 Å². The highest BCUT2D eigenvalue weighted by atomic mass is 16.5. The van der Waals surface area contributed by atoms with Gasteiger partial charge in [0.1, 0.15) is 11.5 Å². The molecule has 2 aliphatic heterocycles. The molecule has 0 saturated carbocycles. The smallest absolute Gasteiger partial charge is 0.130 e. The average Bonchev–Trinajstić information content (AvgIpc) is 3.13. The summed E-state index contributed by atoms with van der Waals surface area (Å²) in [6.07, 6.45) is 1.97. The minimum absolute atomic E-state index is 0.506. The summed E-state index contributed by atoms with van der Waals surface area (Å²) >= 11 is 0. The summed E-state index contributed by atoms with van der Waals surface area (Å²) in [5.74, 6) is 2.03. The molecule has 2 N–H and O–H groups in total. The molecule has 2 aromatic carbocycles. The first kappa shape index (κ1) is 11.8. The number of ether oxygens (including phenoxy) is 2. The van der Waals surface area contributed by atoms with Gasteiger partial charge < -0.3 is 15.2 Å². The summed E-state index contributed by atoms with van der Waals surface area (Å²) in [5.41, 5.74) is 11.9. The second-order valence-electron chi connectivity index (χ2n) is 5.32. The Kier molecular flexibility index (Phi) is 2.67. The Bertz CT molecular complexity index is 679. The maximum Gasteiger partial charge on any atom is 0.130 e. The van der Waals surface area contributed by atoms with Crippen LogP contribution in [0.5, 0.6) is 11.5 Å². The van der Waals surface area contributed by atoms with Crippen LogP contribution in [0.2, 0.25) is 0 Å². The molecule has 0 spiro atoms. The van der Waals surface area contributed by atoms with Crippen molar-refractivity contribution in [2.45, 2.75) is 19.4 Å². The topological polar surface area (TPSA) is 44.5 Å². The molecule has 2 heterocycles. The number of hydrogen-bond acceptors (Lipinski definition) is 3. The molecule has 0 unspecified atom stereocenters. The number of hydrogen-bond donors (Lipinski definition) is 1. The minimum Gasteiger partial charge on any atom is -0.493 e. The second-order valence-corrected chi connectivity index (χ2v) is 5.32. The van der Waals surface area contributed by atoms with Crippen LogP contribution in [0.4, 0.5) is 0 Å². The van der Waals surface area contributed by atoms with Gasteiger partial charge in [-0.25, -0.2) is 0 Å². The monoisotopic (exact) mass is 267 g/mol. The fourth-order valence-electron chi connectivity index (χ4n) is 3.14. The van der Waals surface area contributed by atoms with E-state index in [1.807, 2.05) is 0 Å². The largest absolute Gasteiger partial charge is 0.493 e. The van der Waals surface area contributed by atoms with Crippen LogP contribution in [0, 0.1) is 0 Å². The molecule has 3 heteroatoms. The van der Waals surface area contributed by atoms with Crippen LogP contribution in [-0.4, -0.2) is 13.2 Å². The Morgan fingerprint density at radius 3 is 2.60 bits per heavy atom. The van der Waals surface area contributed by atoms with Crippen molar-refractivity contribution in [1.82, 2.24) is 0 Å². The van der Waals surface area contributed by atoms with E-state index in [4.69, 9.17) is 15.2 Å². The Hall–Kier alpha value is -2.00. The third-order valence-corrected chi connectivity index (χ3v) is 4.11. The fourth-order valence-corrected chi connectivity index (χ4v) is 3.14. The van der Waals surface area contributed by atoms with E-state index in [2.05, 4.69) is 30.3 Å². The highest BCUT2D eigenvalue weighted by molar-refractivity contribution is 5.75. The molecular weight excluding hydrogens is 250 g/mol. The van der Waals surface area contributed by atoms with E-state index in [-0.39, 0.29) is 0 Å². The molecule has 0 radical (unpaired) electrons. The first-order valence-electron chi connectivity index (χ1n) is 7.10. The highest BCUT2D eigenvalue weighted by Crippen LogP contribution is 2.40. The SMILES string of the molecule is NCc1cc(-c2cccc3c2OCC3)cc2c1OCC2. The molecule has 0 atom stereocenters. The molecule has 0 aliphatic carbocycles. The standard InChI is InChI=1S/C17H17NO2/c18-10-14-9-13(8-12-5-7-19-16(12)14)15-3-1-2-11-4-6-20-17(11)15/h1-3,8-9H,4-7,10,18H2. The average molecular weight is 267 g/mol. The van der Waals surface area contributed by atoms with Gasteiger partial charge in [0.2, 0.25) is 0 Å². The van der Waals surface area contributed by atoms with Gasteiger partial charge >= 0.3 is 0 Å². The summed E-state index contributed by atoms with van der Waals surface area (Å²) in [4.78, 5) is 0. The van der Waals surface area contributed by atoms with Gasteiger partial charge in [-0.2, -0.15) is 0 Å². The van der Waals surface area contributed by atoms with E-state index in [0.29, 0.717) is 6.54 Å². The van der Waals surface area contributed by atoms with Crippen molar-refractivity contribution in [2.75, 3.05) is 13.2 Å². The highest BCUT2D eigenvalue weighted by Gasteiger charge is 2.21. The fraction of sp³-hybridized carbons (Fsp3) is 0.294. The van der Waals surface area contributed by atoms with Crippen molar-refractivity contribution in [2.24, 2.45) is 5.73 Å². The summed E-state index contributed by atoms with van der Waals surface area (Å²) < 4.78 is 11.5. The summed E-state index contributed by atoms with van der Waals surface area (Å²) in [6, 6.07) is 10.7. The van der Waals surface area contributed by atoms with Gasteiger partial charge in [0, 0.05) is 30.5 Å². The Balaban J connectivity index is 1.89. The van der Waals surface area contributed by atoms with Gasteiger partial charge in [0.15, 0.2) is 0 Å². The zero-order valence-electron chi connectivity index (χ0n) is 11.3. The van der Waals surface area contributed by atoms with Gasteiger partial charge in [-0.3, -0.25) is 0 Å². The van der Waals surface area contributed by atoms with Crippen LogP contribution in [0.25, 0.3) is 11.1 Å². The third-order valence-electron chi connectivity index (χ3n) is 4.11. The van der Waals surface area contributed by atoms with E-state index in [1.54, 1.807) is 0 Å². The van der Waals surface area contributed by atoms with Crippen molar-refractivity contribution in [1.29, 1.82) is 0 Å². The summed E-state index contributed by atoms with van der Waals surface area (Å²) in [7, 11) is 0. The van der Waals surface area contributed by atoms with Crippen molar-refractivity contribution >= 4 is 0 Å². The molecule has 0 bridgehead atoms. The lowest BCUT2D eigenvalue weighted by molar-refractivity contribution is 0.353. The predicted molar refractivity (Wildman–Crippen MR) is 78.2 cm³/mol. The lowest BCUT2D eigenvalue weighted by Crippen LogP contribution is -2.00.